The second-order valence-electron chi connectivity index (χ2n) is 6.43. The first kappa shape index (κ1) is 23.4. The number of hydrogen-bond donors (Lipinski definition) is 2. The van der Waals surface area contributed by atoms with E-state index in [1.807, 2.05) is 6.07 Å². The summed E-state index contributed by atoms with van der Waals surface area (Å²) in [6.45, 7) is -0.234. The fraction of sp³-hybridized carbons (Fsp3) is 0.0435. The van der Waals surface area contributed by atoms with Crippen LogP contribution in [0.1, 0.15) is 26.3 Å². The molecule has 0 unspecified atom stereocenters. The maximum atomic E-state index is 12.3. The number of nitrogens with one attached hydrogen (secondary N) is 2. The van der Waals surface area contributed by atoms with Crippen molar-refractivity contribution in [3.05, 3.63) is 98.4 Å². The third kappa shape index (κ3) is 6.86. The SMILES string of the molecule is O=C(CNC(=O)c1ccccc1Br)N/N=C/c1cccc(OC(=O)c2cccc(Br)c2)c1. The number of amides is 2. The van der Waals surface area contributed by atoms with Crippen molar-refractivity contribution in [3.63, 3.8) is 0 Å². The lowest BCUT2D eigenvalue weighted by Crippen LogP contribution is -2.35. The summed E-state index contributed by atoms with van der Waals surface area (Å²) < 4.78 is 6.79. The van der Waals surface area contributed by atoms with Crippen LogP contribution in [-0.4, -0.2) is 30.5 Å². The molecule has 0 fully saturated rings. The number of halogens is 2. The molecule has 3 rings (SSSR count). The van der Waals surface area contributed by atoms with E-state index in [1.54, 1.807) is 66.7 Å². The Hall–Kier alpha value is -3.30. The van der Waals surface area contributed by atoms with Gasteiger partial charge in [0.25, 0.3) is 11.8 Å². The molecule has 2 amide bonds. The fourth-order valence-electron chi connectivity index (χ4n) is 2.56. The van der Waals surface area contributed by atoms with Crippen molar-refractivity contribution in [2.75, 3.05) is 6.54 Å². The molecule has 0 heterocycles. The molecule has 0 saturated heterocycles. The lowest BCUT2D eigenvalue weighted by atomic mass is 10.2. The number of esters is 1. The lowest BCUT2D eigenvalue weighted by molar-refractivity contribution is -0.120. The topological polar surface area (TPSA) is 96.9 Å². The molecule has 0 aliphatic carbocycles. The van der Waals surface area contributed by atoms with Crippen molar-refractivity contribution in [3.8, 4) is 5.75 Å². The molecule has 0 radical (unpaired) electrons. The summed E-state index contributed by atoms with van der Waals surface area (Å²) in [5.74, 6) is -1.02. The number of ether oxygens (including phenoxy) is 1. The predicted molar refractivity (Wildman–Crippen MR) is 128 cm³/mol. The van der Waals surface area contributed by atoms with Gasteiger partial charge in [0.1, 0.15) is 5.75 Å². The van der Waals surface area contributed by atoms with Crippen LogP contribution in [0.3, 0.4) is 0 Å². The zero-order valence-electron chi connectivity index (χ0n) is 16.5. The summed E-state index contributed by atoms with van der Waals surface area (Å²) in [5.41, 5.74) is 3.79. The molecule has 0 saturated carbocycles. The van der Waals surface area contributed by atoms with Gasteiger partial charge >= 0.3 is 5.97 Å². The van der Waals surface area contributed by atoms with E-state index in [9.17, 15) is 14.4 Å². The van der Waals surface area contributed by atoms with Crippen LogP contribution in [0.25, 0.3) is 0 Å². The van der Waals surface area contributed by atoms with E-state index in [0.717, 1.165) is 4.47 Å². The van der Waals surface area contributed by atoms with Gasteiger partial charge in [0.05, 0.1) is 23.9 Å². The Morgan fingerprint density at radius 1 is 0.938 bits per heavy atom. The van der Waals surface area contributed by atoms with Crippen LogP contribution in [0.5, 0.6) is 5.75 Å². The van der Waals surface area contributed by atoms with E-state index in [-0.39, 0.29) is 12.5 Å². The molecule has 9 heteroatoms. The van der Waals surface area contributed by atoms with Crippen LogP contribution in [0.2, 0.25) is 0 Å². The predicted octanol–water partition coefficient (Wildman–Crippen LogP) is 4.31. The lowest BCUT2D eigenvalue weighted by Gasteiger charge is -2.06. The van der Waals surface area contributed by atoms with E-state index in [4.69, 9.17) is 4.74 Å². The highest BCUT2D eigenvalue weighted by Gasteiger charge is 2.11. The van der Waals surface area contributed by atoms with Crippen LogP contribution >= 0.6 is 31.9 Å². The van der Waals surface area contributed by atoms with Crippen molar-refractivity contribution in [2.45, 2.75) is 0 Å². The van der Waals surface area contributed by atoms with E-state index >= 15 is 0 Å². The summed E-state index contributed by atoms with van der Waals surface area (Å²) in [4.78, 5) is 36.3. The molecule has 32 heavy (non-hydrogen) atoms. The number of carbonyl (C=O) groups is 3. The van der Waals surface area contributed by atoms with Gasteiger partial charge in [-0.3, -0.25) is 9.59 Å². The summed E-state index contributed by atoms with van der Waals surface area (Å²) in [7, 11) is 0. The minimum absolute atomic E-state index is 0.234. The van der Waals surface area contributed by atoms with Crippen LogP contribution < -0.4 is 15.5 Å². The van der Waals surface area contributed by atoms with Crippen LogP contribution in [-0.2, 0) is 4.79 Å². The minimum Gasteiger partial charge on any atom is -0.423 e. The summed E-state index contributed by atoms with van der Waals surface area (Å²) in [6.07, 6.45) is 1.41. The molecule has 7 nitrogen and oxygen atoms in total. The smallest absolute Gasteiger partial charge is 0.343 e. The van der Waals surface area contributed by atoms with Gasteiger partial charge in [0.15, 0.2) is 0 Å². The molecule has 3 aromatic carbocycles. The first-order chi connectivity index (χ1) is 15.4. The number of nitrogens with zero attached hydrogens (tertiary/aromatic N) is 1. The molecule has 2 N–H and O–H groups in total. The van der Waals surface area contributed by atoms with Gasteiger partial charge in [-0.05, 0) is 64.0 Å². The number of benzene rings is 3. The van der Waals surface area contributed by atoms with Crippen molar-refractivity contribution in [2.24, 2.45) is 5.10 Å². The highest BCUT2D eigenvalue weighted by atomic mass is 79.9. The Morgan fingerprint density at radius 3 is 2.50 bits per heavy atom. The van der Waals surface area contributed by atoms with E-state index < -0.39 is 11.9 Å². The zero-order chi connectivity index (χ0) is 22.9. The second kappa shape index (κ2) is 11.4. The average molecular weight is 559 g/mol. The van der Waals surface area contributed by atoms with E-state index in [1.165, 1.54) is 6.21 Å². The van der Waals surface area contributed by atoms with Crippen molar-refractivity contribution < 1.29 is 19.1 Å². The molecule has 3 aromatic rings. The fourth-order valence-corrected chi connectivity index (χ4v) is 3.42. The summed E-state index contributed by atoms with van der Waals surface area (Å²) in [6, 6.07) is 20.5. The molecule has 0 aliphatic heterocycles. The van der Waals surface area contributed by atoms with Gasteiger partial charge in [-0.15, -0.1) is 0 Å². The first-order valence-electron chi connectivity index (χ1n) is 9.35. The van der Waals surface area contributed by atoms with Gasteiger partial charge in [-0.1, -0.05) is 46.3 Å². The van der Waals surface area contributed by atoms with Crippen molar-refractivity contribution in [1.29, 1.82) is 0 Å². The number of hydrazone groups is 1. The van der Waals surface area contributed by atoms with Gasteiger partial charge < -0.3 is 10.1 Å². The van der Waals surface area contributed by atoms with Crippen molar-refractivity contribution >= 4 is 55.9 Å². The van der Waals surface area contributed by atoms with Crippen molar-refractivity contribution in [1.82, 2.24) is 10.7 Å². The third-order valence-electron chi connectivity index (χ3n) is 4.06. The normalized spacial score (nSPS) is 10.6. The molecular formula is C23H17Br2N3O4. The summed E-state index contributed by atoms with van der Waals surface area (Å²) in [5, 5.41) is 6.39. The molecule has 0 atom stereocenters. The first-order valence-corrected chi connectivity index (χ1v) is 10.9. The largest absolute Gasteiger partial charge is 0.423 e. The third-order valence-corrected chi connectivity index (χ3v) is 5.24. The molecular weight excluding hydrogens is 542 g/mol. The van der Waals surface area contributed by atoms with Crippen LogP contribution in [0.15, 0.2) is 86.8 Å². The van der Waals surface area contributed by atoms with Gasteiger partial charge in [0, 0.05) is 8.95 Å². The number of rotatable bonds is 7. The second-order valence-corrected chi connectivity index (χ2v) is 8.20. The maximum Gasteiger partial charge on any atom is 0.343 e. The Bertz CT molecular complexity index is 1180. The number of hydrogen-bond acceptors (Lipinski definition) is 5. The average Bonchev–Trinajstić information content (AvgIpc) is 2.78. The van der Waals surface area contributed by atoms with Gasteiger partial charge in [-0.25, -0.2) is 10.2 Å². The highest BCUT2D eigenvalue weighted by Crippen LogP contribution is 2.17. The van der Waals surface area contributed by atoms with Crippen LogP contribution in [0, 0.1) is 0 Å². The van der Waals surface area contributed by atoms with Gasteiger partial charge in [0.2, 0.25) is 0 Å². The quantitative estimate of drug-likeness (QED) is 0.195. The van der Waals surface area contributed by atoms with E-state index in [0.29, 0.717) is 26.9 Å². The molecule has 162 valence electrons. The Kier molecular flexibility index (Phi) is 8.29. The molecule has 0 spiro atoms. The Labute approximate surface area is 201 Å². The maximum absolute atomic E-state index is 12.3. The number of carbonyl (C=O) groups excluding carboxylic acids is 3. The van der Waals surface area contributed by atoms with E-state index in [2.05, 4.69) is 47.7 Å². The monoisotopic (exact) mass is 557 g/mol. The van der Waals surface area contributed by atoms with Gasteiger partial charge in [-0.2, -0.15) is 5.10 Å². The molecule has 0 bridgehead atoms. The minimum atomic E-state index is -0.491. The molecule has 0 aromatic heterocycles. The summed E-state index contributed by atoms with van der Waals surface area (Å²) >= 11 is 6.61. The highest BCUT2D eigenvalue weighted by molar-refractivity contribution is 9.10. The standard InChI is InChI=1S/C23H17Br2N3O4/c24-17-7-4-6-16(12-17)23(31)32-18-8-3-5-15(11-18)13-27-28-21(29)14-26-22(30)19-9-1-2-10-20(19)25/h1-13H,14H2,(H,26,30)(H,28,29)/b27-13+. The Balaban J connectivity index is 1.51. The zero-order valence-corrected chi connectivity index (χ0v) is 19.7. The molecule has 0 aliphatic rings. The van der Waals surface area contributed by atoms with Crippen LogP contribution in [0.4, 0.5) is 0 Å². The Morgan fingerprint density at radius 2 is 1.72 bits per heavy atom.